The molecule has 4 aromatic carbocycles. The Morgan fingerprint density at radius 1 is 0.872 bits per heavy atom. The fraction of sp³-hybridized carbons (Fsp3) is 0.0938. The van der Waals surface area contributed by atoms with Crippen LogP contribution in [0.3, 0.4) is 0 Å². The van der Waals surface area contributed by atoms with Crippen molar-refractivity contribution in [2.45, 2.75) is 6.92 Å². The first-order valence-electron chi connectivity index (χ1n) is 12.4. The normalized spacial score (nSPS) is 13.6. The molecule has 0 fully saturated rings. The Bertz CT molecular complexity index is 1560. The van der Waals surface area contributed by atoms with Gasteiger partial charge in [0.05, 0.1) is 11.1 Å². The van der Waals surface area contributed by atoms with E-state index in [-0.39, 0.29) is 24.0 Å². The number of hydrogen-bond acceptors (Lipinski definition) is 6. The summed E-state index contributed by atoms with van der Waals surface area (Å²) in [4.78, 5) is 29.6. The molecule has 1 heterocycles. The maximum Gasteiger partial charge on any atom is 0.363 e. The molecule has 0 radical (unpaired) electrons. The Labute approximate surface area is 234 Å². The second kappa shape index (κ2) is 11.9. The van der Waals surface area contributed by atoms with Crippen LogP contribution in [0.25, 0.3) is 17.2 Å². The molecule has 1 aliphatic rings. The van der Waals surface area contributed by atoms with Gasteiger partial charge in [-0.15, -0.1) is 0 Å². The van der Waals surface area contributed by atoms with Crippen LogP contribution in [0.5, 0.6) is 11.5 Å². The van der Waals surface area contributed by atoms with Gasteiger partial charge < -0.3 is 14.2 Å². The Morgan fingerprint density at radius 3 is 2.21 bits per heavy atom. The maximum absolute atomic E-state index is 12.6. The average Bonchev–Trinajstić information content (AvgIpc) is 3.33. The van der Waals surface area contributed by atoms with Gasteiger partial charge in [-0.25, -0.2) is 9.79 Å². The molecule has 0 aliphatic carbocycles. The fourth-order valence-corrected chi connectivity index (χ4v) is 4.62. The summed E-state index contributed by atoms with van der Waals surface area (Å²) in [7, 11) is 0. The van der Waals surface area contributed by atoms with Crippen molar-refractivity contribution in [1.82, 2.24) is 0 Å². The highest BCUT2D eigenvalue weighted by Crippen LogP contribution is 2.38. The molecule has 1 aliphatic heterocycles. The minimum Gasteiger partial charge on any atom is -0.490 e. The van der Waals surface area contributed by atoms with Crippen molar-refractivity contribution in [2.75, 3.05) is 13.2 Å². The third kappa shape index (κ3) is 6.16. The number of halogens is 1. The van der Waals surface area contributed by atoms with Crippen LogP contribution in [0.2, 0.25) is 0 Å². The van der Waals surface area contributed by atoms with E-state index in [0.29, 0.717) is 39.3 Å². The van der Waals surface area contributed by atoms with Gasteiger partial charge in [0.1, 0.15) is 0 Å². The summed E-state index contributed by atoms with van der Waals surface area (Å²) in [6.07, 6.45) is 1.62. The summed E-state index contributed by atoms with van der Waals surface area (Å²) in [5, 5.41) is 0. The Hall–Kier alpha value is -4.49. The molecule has 5 rings (SSSR count). The summed E-state index contributed by atoms with van der Waals surface area (Å²) in [6, 6.07) is 30.2. The van der Waals surface area contributed by atoms with Gasteiger partial charge in [-0.2, -0.15) is 0 Å². The number of ether oxygens (including phenoxy) is 3. The molecule has 6 nitrogen and oxygen atoms in total. The molecular weight excluding hydrogens is 558 g/mol. The van der Waals surface area contributed by atoms with Crippen LogP contribution < -0.4 is 9.47 Å². The number of hydrogen-bond donors (Lipinski definition) is 0. The van der Waals surface area contributed by atoms with Crippen LogP contribution in [0.15, 0.2) is 112 Å². The van der Waals surface area contributed by atoms with E-state index >= 15 is 0 Å². The molecule has 0 saturated heterocycles. The number of carbonyl (C=O) groups is 2. The minimum atomic E-state index is -0.542. The predicted octanol–water partition coefficient (Wildman–Crippen LogP) is 7.12. The molecule has 0 unspecified atom stereocenters. The summed E-state index contributed by atoms with van der Waals surface area (Å²) in [5.41, 5.74) is 4.25. The lowest BCUT2D eigenvalue weighted by Gasteiger charge is -2.14. The maximum atomic E-state index is 12.6. The Balaban J connectivity index is 1.36. The Morgan fingerprint density at radius 2 is 1.51 bits per heavy atom. The molecule has 7 heteroatoms. The molecule has 39 heavy (non-hydrogen) atoms. The van der Waals surface area contributed by atoms with Crippen molar-refractivity contribution in [3.8, 4) is 22.6 Å². The van der Waals surface area contributed by atoms with Crippen molar-refractivity contribution in [3.05, 3.63) is 124 Å². The number of aliphatic imine (C=N–C) groups is 1. The second-order valence-corrected chi connectivity index (χ2v) is 9.47. The standard InChI is InChI=1S/C32H24BrNO5/c1-2-37-29-19-21(17-26(33)30(29)38-20-28(35)24-11-7-4-8-12-24)18-27-32(36)39-31(34-27)25-15-13-23(14-16-25)22-9-5-3-6-10-22/h3-19H,2,20H2,1H3/b27-18-. The summed E-state index contributed by atoms with van der Waals surface area (Å²) >= 11 is 3.52. The van der Waals surface area contributed by atoms with E-state index in [1.807, 2.05) is 67.6 Å². The largest absolute Gasteiger partial charge is 0.490 e. The van der Waals surface area contributed by atoms with Gasteiger partial charge in [-0.3, -0.25) is 4.79 Å². The molecule has 0 atom stereocenters. The van der Waals surface area contributed by atoms with Gasteiger partial charge in [0, 0.05) is 11.1 Å². The lowest BCUT2D eigenvalue weighted by molar-refractivity contribution is -0.129. The molecular formula is C32H24BrNO5. The monoisotopic (exact) mass is 581 g/mol. The quantitative estimate of drug-likeness (QED) is 0.119. The lowest BCUT2D eigenvalue weighted by Crippen LogP contribution is -2.12. The number of carbonyl (C=O) groups excluding carboxylic acids is 2. The van der Waals surface area contributed by atoms with E-state index in [0.717, 1.165) is 11.1 Å². The first-order chi connectivity index (χ1) is 19.0. The zero-order chi connectivity index (χ0) is 27.2. The first kappa shape index (κ1) is 26.1. The lowest BCUT2D eigenvalue weighted by atomic mass is 10.0. The van der Waals surface area contributed by atoms with Crippen molar-refractivity contribution >= 4 is 39.7 Å². The number of benzene rings is 4. The third-order valence-corrected chi connectivity index (χ3v) is 6.53. The summed E-state index contributed by atoms with van der Waals surface area (Å²) < 4.78 is 17.6. The second-order valence-electron chi connectivity index (χ2n) is 8.62. The SMILES string of the molecule is CCOc1cc(/C=C2\N=C(c3ccc(-c4ccccc4)cc3)OC2=O)cc(Br)c1OCC(=O)c1ccccc1. The van der Waals surface area contributed by atoms with Crippen LogP contribution in [-0.2, 0) is 9.53 Å². The van der Waals surface area contributed by atoms with Crippen LogP contribution in [0.4, 0.5) is 0 Å². The zero-order valence-electron chi connectivity index (χ0n) is 21.1. The van der Waals surface area contributed by atoms with Gasteiger partial charge in [0.2, 0.25) is 5.90 Å². The van der Waals surface area contributed by atoms with Crippen molar-refractivity contribution in [2.24, 2.45) is 4.99 Å². The van der Waals surface area contributed by atoms with Gasteiger partial charge >= 0.3 is 5.97 Å². The van der Waals surface area contributed by atoms with Crippen LogP contribution in [-0.4, -0.2) is 30.9 Å². The van der Waals surface area contributed by atoms with E-state index in [9.17, 15) is 9.59 Å². The topological polar surface area (TPSA) is 74.2 Å². The molecule has 0 amide bonds. The average molecular weight is 582 g/mol. The predicted molar refractivity (Wildman–Crippen MR) is 154 cm³/mol. The van der Waals surface area contributed by atoms with Gasteiger partial charge in [0.15, 0.2) is 29.6 Å². The van der Waals surface area contributed by atoms with Gasteiger partial charge in [0.25, 0.3) is 0 Å². The number of cyclic esters (lactones) is 1. The van der Waals surface area contributed by atoms with E-state index in [2.05, 4.69) is 20.9 Å². The number of rotatable bonds is 9. The smallest absolute Gasteiger partial charge is 0.363 e. The highest BCUT2D eigenvalue weighted by Gasteiger charge is 2.25. The third-order valence-electron chi connectivity index (χ3n) is 5.94. The molecule has 0 spiro atoms. The summed E-state index contributed by atoms with van der Waals surface area (Å²) in [5.74, 6) is 0.393. The Kier molecular flexibility index (Phi) is 7.99. The van der Waals surface area contributed by atoms with E-state index in [1.165, 1.54) is 0 Å². The number of Topliss-reactive ketones (excluding diaryl/α,β-unsaturated/α-hetero) is 1. The molecule has 0 aromatic heterocycles. The fourth-order valence-electron chi connectivity index (χ4n) is 4.05. The highest BCUT2D eigenvalue weighted by molar-refractivity contribution is 9.10. The molecule has 0 N–H and O–H groups in total. The zero-order valence-corrected chi connectivity index (χ0v) is 22.7. The number of nitrogens with zero attached hydrogens (tertiary/aromatic N) is 1. The van der Waals surface area contributed by atoms with E-state index in [4.69, 9.17) is 14.2 Å². The van der Waals surface area contributed by atoms with Crippen LogP contribution in [0.1, 0.15) is 28.4 Å². The highest BCUT2D eigenvalue weighted by atomic mass is 79.9. The van der Waals surface area contributed by atoms with Crippen LogP contribution >= 0.6 is 15.9 Å². The molecule has 0 bridgehead atoms. The molecule has 4 aromatic rings. The van der Waals surface area contributed by atoms with E-state index in [1.54, 1.807) is 42.5 Å². The van der Waals surface area contributed by atoms with Crippen molar-refractivity contribution in [3.63, 3.8) is 0 Å². The first-order valence-corrected chi connectivity index (χ1v) is 13.2. The summed E-state index contributed by atoms with van der Waals surface area (Å²) in [6.45, 7) is 2.09. The van der Waals surface area contributed by atoms with Gasteiger partial charge in [-0.1, -0.05) is 72.8 Å². The molecule has 0 saturated carbocycles. The van der Waals surface area contributed by atoms with Crippen molar-refractivity contribution in [1.29, 1.82) is 0 Å². The number of esters is 1. The van der Waals surface area contributed by atoms with Crippen molar-refractivity contribution < 1.29 is 23.8 Å². The van der Waals surface area contributed by atoms with Crippen LogP contribution in [0, 0.1) is 0 Å². The molecule has 194 valence electrons. The minimum absolute atomic E-state index is 0.147. The van der Waals surface area contributed by atoms with Gasteiger partial charge in [-0.05, 0) is 69.9 Å². The van der Waals surface area contributed by atoms with E-state index < -0.39 is 5.97 Å². The number of ketones is 1.